The van der Waals surface area contributed by atoms with Crippen LogP contribution < -0.4 is 0 Å². The van der Waals surface area contributed by atoms with Crippen molar-refractivity contribution < 1.29 is 14.3 Å². The number of ether oxygens (including phenoxy) is 1. The monoisotopic (exact) mass is 861 g/mol. The number of carbonyl (C=O) groups excluding carboxylic acids is 2. The van der Waals surface area contributed by atoms with Gasteiger partial charge in [-0.05, 0) is 131 Å². The van der Waals surface area contributed by atoms with Gasteiger partial charge in [0, 0.05) is 32.4 Å². The number of hydrogen-bond acceptors (Lipinski definition) is 4. The molecular formula is C57H100N2O3. The molecular weight excluding hydrogens is 761 g/mol. The summed E-state index contributed by atoms with van der Waals surface area (Å²) < 4.78 is 6.17. The Balaban J connectivity index is 1.13. The van der Waals surface area contributed by atoms with Crippen LogP contribution in [0.3, 0.4) is 0 Å². The molecule has 0 aromatic carbocycles. The molecule has 7 atom stereocenters. The van der Waals surface area contributed by atoms with Crippen molar-refractivity contribution in [3.63, 3.8) is 0 Å². The van der Waals surface area contributed by atoms with E-state index >= 15 is 0 Å². The molecule has 0 aromatic rings. The molecule has 3 fully saturated rings. The molecule has 4 rings (SSSR count). The van der Waals surface area contributed by atoms with E-state index in [0.717, 1.165) is 83.0 Å². The fourth-order valence-corrected chi connectivity index (χ4v) is 12.5. The predicted molar refractivity (Wildman–Crippen MR) is 265 cm³/mol. The number of allylic oxidation sites excluding steroid dienone is 5. The first kappa shape index (κ1) is 52.7. The van der Waals surface area contributed by atoms with Crippen LogP contribution in [0.15, 0.2) is 35.5 Å². The lowest BCUT2D eigenvalue weighted by atomic mass is 9.50. The van der Waals surface area contributed by atoms with Crippen molar-refractivity contribution in [1.29, 1.82) is 0 Å². The molecule has 0 N–H and O–H groups in total. The Morgan fingerprint density at radius 3 is 1.95 bits per heavy atom. The summed E-state index contributed by atoms with van der Waals surface area (Å²) in [6.45, 7) is 20.5. The topological polar surface area (TPSA) is 49.9 Å². The van der Waals surface area contributed by atoms with E-state index in [2.05, 4.69) is 89.6 Å². The van der Waals surface area contributed by atoms with E-state index in [4.69, 9.17) is 4.74 Å². The molecule has 7 unspecified atom stereocenters. The van der Waals surface area contributed by atoms with Gasteiger partial charge in [-0.3, -0.25) is 9.59 Å². The van der Waals surface area contributed by atoms with Crippen molar-refractivity contribution in [3.8, 4) is 0 Å². The Morgan fingerprint density at radius 2 is 1.32 bits per heavy atom. The molecule has 0 aliphatic heterocycles. The molecule has 4 aliphatic carbocycles. The van der Waals surface area contributed by atoms with Crippen LogP contribution in [0.25, 0.3) is 0 Å². The number of nitrogens with zero attached hydrogens (tertiary/aromatic N) is 2. The first-order valence-electron chi connectivity index (χ1n) is 27.2. The van der Waals surface area contributed by atoms with Gasteiger partial charge in [-0.1, -0.05) is 180 Å². The molecule has 5 nitrogen and oxygen atoms in total. The fourth-order valence-electron chi connectivity index (χ4n) is 12.5. The Labute approximate surface area is 384 Å². The summed E-state index contributed by atoms with van der Waals surface area (Å²) >= 11 is 0. The van der Waals surface area contributed by atoms with Crippen molar-refractivity contribution >= 4 is 11.9 Å². The number of amides is 1. The van der Waals surface area contributed by atoms with E-state index in [1.165, 1.54) is 134 Å². The van der Waals surface area contributed by atoms with E-state index in [1.807, 2.05) is 0 Å². The second-order valence-corrected chi connectivity index (χ2v) is 22.0. The van der Waals surface area contributed by atoms with E-state index in [1.54, 1.807) is 5.57 Å². The summed E-state index contributed by atoms with van der Waals surface area (Å²) in [6.07, 6.45) is 44.7. The maximum absolute atomic E-state index is 13.5. The summed E-state index contributed by atoms with van der Waals surface area (Å²) in [6, 6.07) is 0. The zero-order chi connectivity index (χ0) is 44.8. The summed E-state index contributed by atoms with van der Waals surface area (Å²) in [5.41, 5.74) is 3.85. The van der Waals surface area contributed by atoms with Crippen LogP contribution in [-0.2, 0) is 14.3 Å². The van der Waals surface area contributed by atoms with Gasteiger partial charge in [0.05, 0.1) is 0 Å². The molecule has 3 saturated carbocycles. The van der Waals surface area contributed by atoms with E-state index in [0.29, 0.717) is 36.0 Å². The highest BCUT2D eigenvalue weighted by Gasteiger charge is 2.57. The Kier molecular flexibility index (Phi) is 24.0. The minimum atomic E-state index is -0.0756. The van der Waals surface area contributed by atoms with Crippen LogP contribution in [0.2, 0.25) is 0 Å². The maximum atomic E-state index is 13.5. The fraction of sp³-hybridized carbons (Fsp3) is 0.860. The zero-order valence-corrected chi connectivity index (χ0v) is 42.2. The van der Waals surface area contributed by atoms with Crippen molar-refractivity contribution in [2.24, 2.45) is 40.4 Å². The summed E-state index contributed by atoms with van der Waals surface area (Å²) in [5, 5.41) is 0. The third-order valence-electron chi connectivity index (χ3n) is 16.7. The smallest absolute Gasteiger partial charge is 0.306 e. The lowest BCUT2D eigenvalue weighted by Crippen LogP contribution is -2.46. The van der Waals surface area contributed by atoms with Gasteiger partial charge in [-0.25, -0.2) is 0 Å². The van der Waals surface area contributed by atoms with E-state index in [-0.39, 0.29) is 23.4 Å². The maximum Gasteiger partial charge on any atom is 0.306 e. The van der Waals surface area contributed by atoms with Crippen LogP contribution in [-0.4, -0.2) is 61.0 Å². The van der Waals surface area contributed by atoms with Crippen molar-refractivity contribution in [1.82, 2.24) is 9.80 Å². The second-order valence-electron chi connectivity index (χ2n) is 22.0. The normalized spacial score (nSPS) is 26.3. The highest BCUT2D eigenvalue weighted by Crippen LogP contribution is 2.66. The van der Waals surface area contributed by atoms with Gasteiger partial charge in [0.25, 0.3) is 0 Å². The van der Waals surface area contributed by atoms with Gasteiger partial charge in [-0.15, -0.1) is 0 Å². The average molecular weight is 861 g/mol. The largest absolute Gasteiger partial charge is 0.462 e. The van der Waals surface area contributed by atoms with Gasteiger partial charge in [0.1, 0.15) is 6.10 Å². The molecule has 0 heterocycles. The van der Waals surface area contributed by atoms with Gasteiger partial charge in [0.15, 0.2) is 0 Å². The summed E-state index contributed by atoms with van der Waals surface area (Å²) in [7, 11) is 2.16. The Bertz CT molecular complexity index is 1380. The third-order valence-corrected chi connectivity index (χ3v) is 16.7. The lowest BCUT2D eigenvalue weighted by molar-refractivity contribution is -0.151. The quantitative estimate of drug-likeness (QED) is 0.0384. The number of unbranched alkanes of at least 4 members (excludes halogenated alkanes) is 16. The lowest BCUT2D eigenvalue weighted by Gasteiger charge is -2.55. The van der Waals surface area contributed by atoms with Crippen molar-refractivity contribution in [2.75, 3.05) is 33.2 Å². The SMILES string of the molecule is CCCCCCCCCCCCCCCCCCN(CCCN(C)CC)C(=O)CCCCC(=O)OC1CCC2(C)C(=CC=C3C2CCC2(C)C3CCC2C(C)/C=C/CC(C)C)C1. The zero-order valence-electron chi connectivity index (χ0n) is 42.2. The number of carbonyl (C=O) groups is 2. The molecule has 0 bridgehead atoms. The Morgan fingerprint density at radius 1 is 0.710 bits per heavy atom. The first-order valence-corrected chi connectivity index (χ1v) is 27.2. The van der Waals surface area contributed by atoms with Crippen LogP contribution in [0, 0.1) is 40.4 Å². The number of hydrogen-bond donors (Lipinski definition) is 0. The third kappa shape index (κ3) is 16.5. The van der Waals surface area contributed by atoms with Gasteiger partial charge in [0.2, 0.25) is 5.91 Å². The summed E-state index contributed by atoms with van der Waals surface area (Å²) in [5.74, 6) is 3.68. The number of fused-ring (bicyclic) bond motifs is 5. The minimum absolute atomic E-state index is 0.0157. The first-order chi connectivity index (χ1) is 29.9. The Hall–Kier alpha value is -1.88. The van der Waals surface area contributed by atoms with Crippen LogP contribution in [0.5, 0.6) is 0 Å². The van der Waals surface area contributed by atoms with Crippen LogP contribution >= 0.6 is 0 Å². The van der Waals surface area contributed by atoms with E-state index < -0.39 is 0 Å². The average Bonchev–Trinajstić information content (AvgIpc) is 3.61. The van der Waals surface area contributed by atoms with Crippen LogP contribution in [0.4, 0.5) is 0 Å². The predicted octanol–water partition coefficient (Wildman–Crippen LogP) is 15.6. The molecule has 356 valence electrons. The van der Waals surface area contributed by atoms with Gasteiger partial charge in [-0.2, -0.15) is 0 Å². The van der Waals surface area contributed by atoms with Gasteiger partial charge < -0.3 is 14.5 Å². The summed E-state index contributed by atoms with van der Waals surface area (Å²) in [4.78, 5) is 31.1. The molecule has 4 aliphatic rings. The highest BCUT2D eigenvalue weighted by atomic mass is 16.5. The molecule has 5 heteroatoms. The highest BCUT2D eigenvalue weighted by molar-refractivity contribution is 5.76. The van der Waals surface area contributed by atoms with E-state index in [9.17, 15) is 9.59 Å². The molecule has 1 amide bonds. The number of rotatable bonds is 32. The second kappa shape index (κ2) is 28.2. The van der Waals surface area contributed by atoms with Crippen LogP contribution in [0.1, 0.15) is 235 Å². The standard InChI is InChI=1S/C57H100N2O3/c1-9-11-12-13-14-15-16-17-18-19-20-21-22-23-24-27-43-59(44-29-42-58(8)10-2)54(60)32-25-26-33-55(61)62-49-38-40-56(6)48(45-49)34-35-50-52-37-36-51(47(5)31-28-30-46(3)4)57(52,7)41-39-53(50)56/h28,31,34-35,46-47,49,51-53H,9-27,29-30,32-33,36-45H2,1-8H3/b31-28+. The molecule has 0 radical (unpaired) electrons. The van der Waals surface area contributed by atoms with Crippen molar-refractivity contribution in [2.45, 2.75) is 241 Å². The van der Waals surface area contributed by atoms with Crippen molar-refractivity contribution in [3.05, 3.63) is 35.5 Å². The molecule has 0 aromatic heterocycles. The molecule has 62 heavy (non-hydrogen) atoms. The molecule has 0 saturated heterocycles. The minimum Gasteiger partial charge on any atom is -0.462 e. The number of esters is 1. The molecule has 0 spiro atoms. The van der Waals surface area contributed by atoms with Gasteiger partial charge >= 0.3 is 5.97 Å².